The van der Waals surface area contributed by atoms with Gasteiger partial charge < -0.3 is 10.0 Å². The van der Waals surface area contributed by atoms with Crippen LogP contribution in [0.25, 0.3) is 0 Å². The van der Waals surface area contributed by atoms with Gasteiger partial charge in [-0.25, -0.2) is 0 Å². The molecule has 0 aromatic heterocycles. The molecule has 0 saturated heterocycles. The van der Waals surface area contributed by atoms with E-state index in [0.29, 0.717) is 6.42 Å². The lowest BCUT2D eigenvalue weighted by molar-refractivity contribution is -0.132. The Labute approximate surface area is 117 Å². The summed E-state index contributed by atoms with van der Waals surface area (Å²) in [7, 11) is 0. The molecular formula is C14H20BrNO2. The third-order valence-corrected chi connectivity index (χ3v) is 3.30. The van der Waals surface area contributed by atoms with Crippen LogP contribution in [0.5, 0.6) is 5.75 Å². The van der Waals surface area contributed by atoms with E-state index in [-0.39, 0.29) is 17.7 Å². The fourth-order valence-electron chi connectivity index (χ4n) is 1.84. The van der Waals surface area contributed by atoms with Gasteiger partial charge in [-0.05, 0) is 38.0 Å². The predicted molar refractivity (Wildman–Crippen MR) is 77.1 cm³/mol. The zero-order valence-corrected chi connectivity index (χ0v) is 12.5. The van der Waals surface area contributed by atoms with Crippen molar-refractivity contribution < 1.29 is 9.90 Å². The number of halogens is 1. The Morgan fingerprint density at radius 1 is 1.44 bits per heavy atom. The van der Waals surface area contributed by atoms with Crippen LogP contribution in [-0.4, -0.2) is 33.8 Å². The first-order valence-corrected chi connectivity index (χ1v) is 7.30. The van der Waals surface area contributed by atoms with E-state index >= 15 is 0 Å². The zero-order valence-electron chi connectivity index (χ0n) is 10.9. The summed E-state index contributed by atoms with van der Waals surface area (Å²) in [4.78, 5) is 14.1. The second kappa shape index (κ2) is 7.41. The van der Waals surface area contributed by atoms with Crippen molar-refractivity contribution in [3.05, 3.63) is 29.8 Å². The minimum atomic E-state index is 0.108. The van der Waals surface area contributed by atoms with E-state index in [1.807, 2.05) is 24.8 Å². The fourth-order valence-corrected chi connectivity index (χ4v) is 2.09. The lowest BCUT2D eigenvalue weighted by atomic mass is 10.1. The Hall–Kier alpha value is -1.03. The minimum Gasteiger partial charge on any atom is -0.508 e. The Kier molecular flexibility index (Phi) is 6.19. The lowest BCUT2D eigenvalue weighted by Gasteiger charge is -2.26. The Morgan fingerprint density at radius 3 is 2.72 bits per heavy atom. The second-order valence-electron chi connectivity index (χ2n) is 4.57. The van der Waals surface area contributed by atoms with Crippen molar-refractivity contribution in [2.24, 2.45) is 0 Å². The van der Waals surface area contributed by atoms with Crippen LogP contribution in [0.3, 0.4) is 0 Å². The molecule has 1 rings (SSSR count). The fraction of sp³-hybridized carbons (Fsp3) is 0.500. The number of carbonyl (C=O) groups excluding carboxylic acids is 1. The van der Waals surface area contributed by atoms with Crippen molar-refractivity contribution in [2.45, 2.75) is 32.7 Å². The van der Waals surface area contributed by atoms with Gasteiger partial charge in [-0.3, -0.25) is 4.79 Å². The molecule has 0 atom stereocenters. The molecule has 1 aromatic rings. The van der Waals surface area contributed by atoms with Crippen molar-refractivity contribution in [2.75, 3.05) is 11.9 Å². The summed E-state index contributed by atoms with van der Waals surface area (Å²) < 4.78 is 0. The van der Waals surface area contributed by atoms with E-state index in [1.165, 1.54) is 0 Å². The van der Waals surface area contributed by atoms with E-state index in [9.17, 15) is 9.90 Å². The molecule has 0 aliphatic carbocycles. The molecule has 0 saturated carbocycles. The van der Waals surface area contributed by atoms with Gasteiger partial charge >= 0.3 is 0 Å². The number of phenols is 1. The highest BCUT2D eigenvalue weighted by Crippen LogP contribution is 2.13. The van der Waals surface area contributed by atoms with Crippen LogP contribution >= 0.6 is 15.9 Å². The maximum absolute atomic E-state index is 12.2. The van der Waals surface area contributed by atoms with Crippen molar-refractivity contribution in [3.8, 4) is 5.75 Å². The average molecular weight is 314 g/mol. The highest BCUT2D eigenvalue weighted by Gasteiger charge is 2.16. The van der Waals surface area contributed by atoms with E-state index in [4.69, 9.17) is 0 Å². The maximum Gasteiger partial charge on any atom is 0.227 e. The second-order valence-corrected chi connectivity index (χ2v) is 5.36. The molecule has 0 heterocycles. The molecule has 0 unspecified atom stereocenters. The molecule has 4 heteroatoms. The maximum atomic E-state index is 12.2. The molecule has 0 aliphatic rings. The molecular weight excluding hydrogens is 294 g/mol. The van der Waals surface area contributed by atoms with Gasteiger partial charge in [0.25, 0.3) is 0 Å². The topological polar surface area (TPSA) is 40.5 Å². The number of hydrogen-bond acceptors (Lipinski definition) is 2. The molecule has 1 amide bonds. The molecule has 1 N–H and O–H groups in total. The summed E-state index contributed by atoms with van der Waals surface area (Å²) in [5.41, 5.74) is 0.851. The van der Waals surface area contributed by atoms with E-state index in [2.05, 4.69) is 15.9 Å². The Bertz CT molecular complexity index is 393. The quantitative estimate of drug-likeness (QED) is 0.820. The first-order valence-electron chi connectivity index (χ1n) is 6.18. The molecule has 3 nitrogen and oxygen atoms in total. The molecule has 0 radical (unpaired) electrons. The van der Waals surface area contributed by atoms with Crippen LogP contribution in [0.4, 0.5) is 0 Å². The number of amides is 1. The highest BCUT2D eigenvalue weighted by molar-refractivity contribution is 9.09. The monoisotopic (exact) mass is 313 g/mol. The summed E-state index contributed by atoms with van der Waals surface area (Å²) in [6.45, 7) is 4.81. The first-order chi connectivity index (χ1) is 8.54. The number of carbonyl (C=O) groups is 1. The summed E-state index contributed by atoms with van der Waals surface area (Å²) in [5, 5.41) is 10.3. The van der Waals surface area contributed by atoms with Gasteiger partial charge in [0.1, 0.15) is 5.75 Å². The first kappa shape index (κ1) is 15.0. The molecule has 100 valence electrons. The number of nitrogens with zero attached hydrogens (tertiary/aromatic N) is 1. The molecule has 0 fully saturated rings. The van der Waals surface area contributed by atoms with Gasteiger partial charge in [-0.15, -0.1) is 0 Å². The van der Waals surface area contributed by atoms with Crippen molar-refractivity contribution in [1.82, 2.24) is 4.90 Å². The van der Waals surface area contributed by atoms with Crippen molar-refractivity contribution >= 4 is 21.8 Å². The standard InChI is InChI=1S/C14H20BrNO2/c1-11(2)16(8-4-7-15)14(18)10-12-5-3-6-13(17)9-12/h3,5-6,9,11,17H,4,7-8,10H2,1-2H3. The van der Waals surface area contributed by atoms with Crippen molar-refractivity contribution in [3.63, 3.8) is 0 Å². The molecule has 0 bridgehead atoms. The van der Waals surface area contributed by atoms with E-state index in [1.54, 1.807) is 18.2 Å². The number of phenolic OH excluding ortho intramolecular Hbond substituents is 1. The largest absolute Gasteiger partial charge is 0.508 e. The van der Waals surface area contributed by atoms with Crippen LogP contribution in [-0.2, 0) is 11.2 Å². The number of hydrogen-bond donors (Lipinski definition) is 1. The summed E-state index contributed by atoms with van der Waals surface area (Å²) in [5.74, 6) is 0.313. The van der Waals surface area contributed by atoms with Crippen molar-refractivity contribution in [1.29, 1.82) is 0 Å². The van der Waals surface area contributed by atoms with Gasteiger partial charge in [-0.1, -0.05) is 28.1 Å². The van der Waals surface area contributed by atoms with Gasteiger partial charge in [0.2, 0.25) is 5.91 Å². The Balaban J connectivity index is 2.66. The molecule has 1 aromatic carbocycles. The lowest BCUT2D eigenvalue weighted by Crippen LogP contribution is -2.38. The number of aromatic hydroxyl groups is 1. The van der Waals surface area contributed by atoms with Gasteiger partial charge in [-0.2, -0.15) is 0 Å². The number of rotatable bonds is 6. The van der Waals surface area contributed by atoms with E-state index in [0.717, 1.165) is 23.9 Å². The average Bonchev–Trinajstić information content (AvgIpc) is 2.29. The van der Waals surface area contributed by atoms with Gasteiger partial charge in [0.15, 0.2) is 0 Å². The summed E-state index contributed by atoms with van der Waals surface area (Å²) in [6, 6.07) is 7.07. The van der Waals surface area contributed by atoms with Gasteiger partial charge in [0, 0.05) is 17.9 Å². The van der Waals surface area contributed by atoms with Crippen LogP contribution in [0.2, 0.25) is 0 Å². The minimum absolute atomic E-state index is 0.108. The van der Waals surface area contributed by atoms with E-state index < -0.39 is 0 Å². The smallest absolute Gasteiger partial charge is 0.227 e. The summed E-state index contributed by atoms with van der Waals surface area (Å²) in [6.07, 6.45) is 1.29. The SMILES string of the molecule is CC(C)N(CCCBr)C(=O)Cc1cccc(O)c1. The third-order valence-electron chi connectivity index (χ3n) is 2.74. The summed E-state index contributed by atoms with van der Waals surface area (Å²) >= 11 is 3.38. The predicted octanol–water partition coefficient (Wildman–Crippen LogP) is 2.96. The molecule has 0 spiro atoms. The number of alkyl halides is 1. The van der Waals surface area contributed by atoms with Crippen LogP contribution in [0, 0.1) is 0 Å². The normalized spacial score (nSPS) is 10.7. The number of benzene rings is 1. The van der Waals surface area contributed by atoms with Crippen LogP contribution in [0.15, 0.2) is 24.3 Å². The van der Waals surface area contributed by atoms with Gasteiger partial charge in [0.05, 0.1) is 6.42 Å². The zero-order chi connectivity index (χ0) is 13.5. The molecule has 0 aliphatic heterocycles. The highest BCUT2D eigenvalue weighted by atomic mass is 79.9. The molecule has 18 heavy (non-hydrogen) atoms. The third kappa shape index (κ3) is 4.69. The Morgan fingerprint density at radius 2 is 2.17 bits per heavy atom. The van der Waals surface area contributed by atoms with Crippen LogP contribution < -0.4 is 0 Å². The van der Waals surface area contributed by atoms with Crippen LogP contribution in [0.1, 0.15) is 25.8 Å².